The standard InChI is InChI=1S/C20H28N2O2S.BrH/c1-12(2)16-7-8-18(17(9-16)13(3)4)21-19(24)10-22-11-25-20(14(22)5)15(6)23;/h7-9,11-13,15,23H,10H2,1-6H3;1H. The Kier molecular flexibility index (Phi) is 8.44. The summed E-state index contributed by atoms with van der Waals surface area (Å²) in [5.41, 5.74) is 6.16. The van der Waals surface area contributed by atoms with Crippen LogP contribution in [0.25, 0.3) is 0 Å². The second-order valence-electron chi connectivity index (χ2n) is 7.18. The molecule has 1 atom stereocenters. The summed E-state index contributed by atoms with van der Waals surface area (Å²) < 4.78 is 1.89. The minimum Gasteiger partial charge on any atom is -1.00 e. The van der Waals surface area contributed by atoms with Crippen LogP contribution < -0.4 is 26.9 Å². The molecule has 1 unspecified atom stereocenters. The third kappa shape index (κ3) is 5.38. The van der Waals surface area contributed by atoms with Crippen LogP contribution >= 0.6 is 11.3 Å². The van der Waals surface area contributed by atoms with Gasteiger partial charge in [-0.15, -0.1) is 0 Å². The molecule has 1 aromatic carbocycles. The lowest BCUT2D eigenvalue weighted by Crippen LogP contribution is -3.00. The molecule has 1 aromatic heterocycles. The Morgan fingerprint density at radius 2 is 1.85 bits per heavy atom. The molecule has 2 rings (SSSR count). The molecule has 0 radical (unpaired) electrons. The number of hydrogen-bond donors (Lipinski definition) is 2. The van der Waals surface area contributed by atoms with Crippen molar-refractivity contribution in [2.45, 2.75) is 66.0 Å². The average Bonchev–Trinajstić information content (AvgIpc) is 2.88. The van der Waals surface area contributed by atoms with Crippen LogP contribution in [0.3, 0.4) is 0 Å². The number of carbonyl (C=O) groups is 1. The van der Waals surface area contributed by atoms with Gasteiger partial charge in [-0.05, 0) is 36.0 Å². The molecule has 0 aliphatic rings. The van der Waals surface area contributed by atoms with Crippen molar-refractivity contribution in [3.63, 3.8) is 0 Å². The maximum atomic E-state index is 12.5. The monoisotopic (exact) mass is 440 g/mol. The molecule has 0 bridgehead atoms. The molecule has 0 fully saturated rings. The minimum absolute atomic E-state index is 0. The summed E-state index contributed by atoms with van der Waals surface area (Å²) >= 11 is 1.48. The van der Waals surface area contributed by atoms with Crippen molar-refractivity contribution in [3.8, 4) is 0 Å². The quantitative estimate of drug-likeness (QED) is 0.664. The summed E-state index contributed by atoms with van der Waals surface area (Å²) in [6, 6.07) is 6.29. The number of halogens is 1. The smallest absolute Gasteiger partial charge is 0.290 e. The summed E-state index contributed by atoms with van der Waals surface area (Å²) in [5.74, 6) is 0.749. The number of thiazole rings is 1. The number of anilines is 1. The second-order valence-corrected chi connectivity index (χ2v) is 8.07. The molecule has 1 amide bonds. The Hall–Kier alpha value is -1.24. The molecule has 1 heterocycles. The van der Waals surface area contributed by atoms with Crippen molar-refractivity contribution in [1.82, 2.24) is 0 Å². The van der Waals surface area contributed by atoms with Gasteiger partial charge in [0.15, 0.2) is 5.69 Å². The van der Waals surface area contributed by atoms with Gasteiger partial charge in [0, 0.05) is 12.6 Å². The van der Waals surface area contributed by atoms with Crippen LogP contribution in [0.1, 0.15) is 74.3 Å². The number of carbonyl (C=O) groups excluding carboxylic acids is 1. The Morgan fingerprint density at radius 3 is 2.35 bits per heavy atom. The van der Waals surface area contributed by atoms with E-state index in [0.29, 0.717) is 11.8 Å². The molecule has 6 heteroatoms. The molecule has 0 saturated heterocycles. The molecule has 144 valence electrons. The van der Waals surface area contributed by atoms with Crippen LogP contribution in [0.15, 0.2) is 23.7 Å². The first-order chi connectivity index (χ1) is 11.7. The van der Waals surface area contributed by atoms with Crippen molar-refractivity contribution in [1.29, 1.82) is 0 Å². The third-order valence-electron chi connectivity index (χ3n) is 4.43. The summed E-state index contributed by atoms with van der Waals surface area (Å²) in [6.45, 7) is 12.6. The fourth-order valence-electron chi connectivity index (χ4n) is 2.86. The fraction of sp³-hybridized carbons (Fsp3) is 0.500. The lowest BCUT2D eigenvalue weighted by molar-refractivity contribution is -0.685. The van der Waals surface area contributed by atoms with E-state index in [4.69, 9.17) is 0 Å². The molecule has 26 heavy (non-hydrogen) atoms. The number of aromatic nitrogens is 1. The number of amides is 1. The minimum atomic E-state index is -0.509. The Balaban J connectivity index is 0.00000338. The second kappa shape index (κ2) is 9.62. The molecule has 2 N–H and O–H groups in total. The molecule has 0 spiro atoms. The summed E-state index contributed by atoms with van der Waals surface area (Å²) in [5, 5.41) is 12.8. The largest absolute Gasteiger partial charge is 1.00 e. The topological polar surface area (TPSA) is 53.2 Å². The van der Waals surface area contributed by atoms with Crippen LogP contribution in [0.2, 0.25) is 0 Å². The van der Waals surface area contributed by atoms with E-state index in [1.807, 2.05) is 23.1 Å². The Morgan fingerprint density at radius 1 is 1.19 bits per heavy atom. The van der Waals surface area contributed by atoms with Crippen LogP contribution in [0.5, 0.6) is 0 Å². The lowest BCUT2D eigenvalue weighted by Gasteiger charge is -2.16. The van der Waals surface area contributed by atoms with Crippen molar-refractivity contribution in [3.05, 3.63) is 45.4 Å². The van der Waals surface area contributed by atoms with E-state index < -0.39 is 6.10 Å². The first kappa shape index (κ1) is 22.8. The van der Waals surface area contributed by atoms with Gasteiger partial charge in [0.05, 0.1) is 6.10 Å². The van der Waals surface area contributed by atoms with Gasteiger partial charge in [-0.2, -0.15) is 4.57 Å². The van der Waals surface area contributed by atoms with Crippen molar-refractivity contribution < 1.29 is 31.4 Å². The predicted molar refractivity (Wildman–Crippen MR) is 103 cm³/mol. The van der Waals surface area contributed by atoms with Crippen LogP contribution in [-0.4, -0.2) is 11.0 Å². The van der Waals surface area contributed by atoms with E-state index in [9.17, 15) is 9.90 Å². The molecule has 0 aliphatic heterocycles. The van der Waals surface area contributed by atoms with Crippen molar-refractivity contribution in [2.24, 2.45) is 0 Å². The van der Waals surface area contributed by atoms with Crippen LogP contribution in [0.4, 0.5) is 5.69 Å². The van der Waals surface area contributed by atoms with E-state index in [1.165, 1.54) is 16.9 Å². The number of nitrogens with zero attached hydrogens (tertiary/aromatic N) is 1. The van der Waals surface area contributed by atoms with Gasteiger partial charge in [-0.3, -0.25) is 4.79 Å². The maximum Gasteiger partial charge on any atom is 0.290 e. The first-order valence-corrected chi connectivity index (χ1v) is 9.67. The fourth-order valence-corrected chi connectivity index (χ4v) is 3.82. The molecule has 4 nitrogen and oxygen atoms in total. The van der Waals surface area contributed by atoms with Gasteiger partial charge in [0.1, 0.15) is 4.88 Å². The van der Waals surface area contributed by atoms with E-state index in [0.717, 1.165) is 21.8 Å². The van der Waals surface area contributed by atoms with Gasteiger partial charge in [0.25, 0.3) is 5.91 Å². The van der Waals surface area contributed by atoms with Gasteiger partial charge < -0.3 is 27.4 Å². The van der Waals surface area contributed by atoms with Gasteiger partial charge in [0.2, 0.25) is 12.1 Å². The van der Waals surface area contributed by atoms with Crippen LogP contribution in [-0.2, 0) is 11.3 Å². The maximum absolute atomic E-state index is 12.5. The Bertz CT molecular complexity index is 754. The highest BCUT2D eigenvalue weighted by atomic mass is 79.9. The highest BCUT2D eigenvalue weighted by Gasteiger charge is 2.22. The first-order valence-electron chi connectivity index (χ1n) is 8.79. The Labute approximate surface area is 171 Å². The molecular weight excluding hydrogens is 412 g/mol. The zero-order valence-corrected chi connectivity index (χ0v) is 18.7. The summed E-state index contributed by atoms with van der Waals surface area (Å²) in [7, 11) is 0. The SMILES string of the molecule is Cc1c(C(C)O)sc[n+]1CC(=O)Nc1ccc(C(C)C)cc1C(C)C.[Br-]. The molecular formula is C20H29BrN2O2S. The van der Waals surface area contributed by atoms with Gasteiger partial charge in [-0.1, -0.05) is 51.2 Å². The molecule has 2 aromatic rings. The zero-order chi connectivity index (χ0) is 18.7. The normalized spacial score (nSPS) is 12.2. The predicted octanol–water partition coefficient (Wildman–Crippen LogP) is 1.29. The zero-order valence-electron chi connectivity index (χ0n) is 16.3. The molecule has 0 aliphatic carbocycles. The number of nitrogens with one attached hydrogen (secondary N) is 1. The average molecular weight is 441 g/mol. The number of aliphatic hydroxyl groups is 1. The summed E-state index contributed by atoms with van der Waals surface area (Å²) in [4.78, 5) is 13.4. The number of aliphatic hydroxyl groups excluding tert-OH is 1. The van der Waals surface area contributed by atoms with E-state index in [1.54, 1.807) is 6.92 Å². The number of hydrogen-bond acceptors (Lipinski definition) is 3. The van der Waals surface area contributed by atoms with E-state index >= 15 is 0 Å². The van der Waals surface area contributed by atoms with Crippen molar-refractivity contribution >= 4 is 22.9 Å². The third-order valence-corrected chi connectivity index (χ3v) is 5.68. The van der Waals surface area contributed by atoms with Gasteiger partial charge >= 0.3 is 0 Å². The van der Waals surface area contributed by atoms with Crippen LogP contribution in [0, 0.1) is 6.92 Å². The highest BCUT2D eigenvalue weighted by molar-refractivity contribution is 7.09. The lowest BCUT2D eigenvalue weighted by atomic mass is 9.94. The number of benzene rings is 1. The van der Waals surface area contributed by atoms with E-state index in [2.05, 4.69) is 45.1 Å². The summed E-state index contributed by atoms with van der Waals surface area (Å²) in [6.07, 6.45) is -0.509. The number of rotatable bonds is 6. The van der Waals surface area contributed by atoms with Crippen molar-refractivity contribution in [2.75, 3.05) is 5.32 Å². The molecule has 0 saturated carbocycles. The van der Waals surface area contributed by atoms with E-state index in [-0.39, 0.29) is 29.4 Å². The highest BCUT2D eigenvalue weighted by Crippen LogP contribution is 2.28. The van der Waals surface area contributed by atoms with Gasteiger partial charge in [-0.25, -0.2) is 0 Å².